The molecule has 2 fully saturated rings. The number of ether oxygens (including phenoxy) is 1. The fourth-order valence-corrected chi connectivity index (χ4v) is 3.66. The SMILES string of the molecule is Cc1ccc(OCCC(=O)N2C[C@H](C(=O)O)[C@@H](C3CC3)C2)c(C)c1. The summed E-state index contributed by atoms with van der Waals surface area (Å²) in [4.78, 5) is 25.5. The van der Waals surface area contributed by atoms with Gasteiger partial charge in [0.05, 0.1) is 18.9 Å². The molecule has 5 heteroatoms. The topological polar surface area (TPSA) is 66.8 Å². The Hall–Kier alpha value is -2.04. The molecule has 0 aromatic heterocycles. The van der Waals surface area contributed by atoms with Crippen LogP contribution in [-0.2, 0) is 9.59 Å². The number of aryl methyl sites for hydroxylation is 2. The number of carboxylic acid groups (broad SMARTS) is 1. The number of likely N-dealkylation sites (tertiary alicyclic amines) is 1. The van der Waals surface area contributed by atoms with Gasteiger partial charge in [0.15, 0.2) is 0 Å². The van der Waals surface area contributed by atoms with Gasteiger partial charge in [-0.25, -0.2) is 0 Å². The molecule has 1 saturated heterocycles. The van der Waals surface area contributed by atoms with E-state index in [2.05, 4.69) is 6.07 Å². The Morgan fingerprint density at radius 2 is 2.00 bits per heavy atom. The highest BCUT2D eigenvalue weighted by atomic mass is 16.5. The van der Waals surface area contributed by atoms with Crippen LogP contribution in [0.3, 0.4) is 0 Å². The van der Waals surface area contributed by atoms with E-state index in [1.54, 1.807) is 4.90 Å². The standard InChI is InChI=1S/C19H25NO4/c1-12-3-6-17(13(2)9-12)24-8-7-18(21)20-10-15(14-4-5-14)16(11-20)19(22)23/h3,6,9,14-16H,4-5,7-8,10-11H2,1-2H3,(H,22,23)/t15-,16+/m1/s1. The highest BCUT2D eigenvalue weighted by Crippen LogP contribution is 2.44. The summed E-state index contributed by atoms with van der Waals surface area (Å²) in [6.45, 7) is 5.28. The van der Waals surface area contributed by atoms with E-state index in [1.807, 2.05) is 26.0 Å². The molecule has 0 bridgehead atoms. The predicted octanol–water partition coefficient (Wildman–Crippen LogP) is 2.64. The lowest BCUT2D eigenvalue weighted by molar-refractivity contribution is -0.142. The molecule has 0 unspecified atom stereocenters. The van der Waals surface area contributed by atoms with Gasteiger partial charge in [-0.2, -0.15) is 0 Å². The Balaban J connectivity index is 1.51. The molecule has 1 aromatic carbocycles. The molecule has 1 N–H and O–H groups in total. The van der Waals surface area contributed by atoms with Crippen molar-refractivity contribution in [3.63, 3.8) is 0 Å². The summed E-state index contributed by atoms with van der Waals surface area (Å²) in [6, 6.07) is 5.96. The third-order valence-corrected chi connectivity index (χ3v) is 5.17. The van der Waals surface area contributed by atoms with E-state index in [9.17, 15) is 14.7 Å². The minimum absolute atomic E-state index is 0.00540. The van der Waals surface area contributed by atoms with Gasteiger partial charge in [0.1, 0.15) is 5.75 Å². The van der Waals surface area contributed by atoms with E-state index in [0.29, 0.717) is 25.6 Å². The van der Waals surface area contributed by atoms with Crippen LogP contribution in [-0.4, -0.2) is 41.6 Å². The Labute approximate surface area is 142 Å². The second-order valence-corrected chi connectivity index (χ2v) is 7.11. The van der Waals surface area contributed by atoms with Crippen molar-refractivity contribution < 1.29 is 19.4 Å². The third-order valence-electron chi connectivity index (χ3n) is 5.17. The molecule has 1 aliphatic carbocycles. The van der Waals surface area contributed by atoms with Crippen LogP contribution in [0.2, 0.25) is 0 Å². The lowest BCUT2D eigenvalue weighted by Gasteiger charge is -2.17. The van der Waals surface area contributed by atoms with Gasteiger partial charge < -0.3 is 14.7 Å². The van der Waals surface area contributed by atoms with E-state index >= 15 is 0 Å². The van der Waals surface area contributed by atoms with Crippen molar-refractivity contribution in [1.82, 2.24) is 4.90 Å². The van der Waals surface area contributed by atoms with Crippen LogP contribution in [0.25, 0.3) is 0 Å². The number of rotatable bonds is 6. The Kier molecular flexibility index (Phi) is 4.78. The molecule has 3 rings (SSSR count). The number of benzene rings is 1. The van der Waals surface area contributed by atoms with Crippen molar-refractivity contribution in [2.75, 3.05) is 19.7 Å². The molecular formula is C19H25NO4. The minimum Gasteiger partial charge on any atom is -0.493 e. The zero-order valence-corrected chi connectivity index (χ0v) is 14.3. The maximum Gasteiger partial charge on any atom is 0.308 e. The number of carbonyl (C=O) groups is 2. The van der Waals surface area contributed by atoms with Gasteiger partial charge in [-0.1, -0.05) is 17.7 Å². The van der Waals surface area contributed by atoms with E-state index in [-0.39, 0.29) is 18.2 Å². The highest BCUT2D eigenvalue weighted by molar-refractivity contribution is 5.79. The molecule has 2 atom stereocenters. The van der Waals surface area contributed by atoms with Crippen molar-refractivity contribution in [2.24, 2.45) is 17.8 Å². The third kappa shape index (κ3) is 3.71. The molecule has 5 nitrogen and oxygen atoms in total. The number of carbonyl (C=O) groups excluding carboxylic acids is 1. The highest BCUT2D eigenvalue weighted by Gasteiger charge is 2.46. The summed E-state index contributed by atoms with van der Waals surface area (Å²) in [6.07, 6.45) is 2.50. The van der Waals surface area contributed by atoms with Gasteiger partial charge >= 0.3 is 5.97 Å². The average molecular weight is 331 g/mol. The normalized spacial score (nSPS) is 23.3. The van der Waals surface area contributed by atoms with Crippen LogP contribution in [0.1, 0.15) is 30.4 Å². The molecule has 24 heavy (non-hydrogen) atoms. The quantitative estimate of drug-likeness (QED) is 0.870. The first-order valence-electron chi connectivity index (χ1n) is 8.66. The predicted molar refractivity (Wildman–Crippen MR) is 89.9 cm³/mol. The van der Waals surface area contributed by atoms with Gasteiger partial charge in [0, 0.05) is 13.1 Å². The van der Waals surface area contributed by atoms with Crippen LogP contribution in [0.4, 0.5) is 0 Å². The summed E-state index contributed by atoms with van der Waals surface area (Å²) < 4.78 is 5.72. The van der Waals surface area contributed by atoms with Gasteiger partial charge in [-0.05, 0) is 50.2 Å². The van der Waals surface area contributed by atoms with Gasteiger partial charge in [-0.3, -0.25) is 9.59 Å². The van der Waals surface area contributed by atoms with Gasteiger partial charge in [0.2, 0.25) is 5.91 Å². The first kappa shape index (κ1) is 16.8. The molecule has 2 aliphatic rings. The summed E-state index contributed by atoms with van der Waals surface area (Å²) in [5.41, 5.74) is 2.24. The minimum atomic E-state index is -0.770. The Morgan fingerprint density at radius 3 is 2.62 bits per heavy atom. The Bertz CT molecular complexity index is 638. The van der Waals surface area contributed by atoms with Crippen LogP contribution in [0.5, 0.6) is 5.75 Å². The van der Waals surface area contributed by atoms with E-state index < -0.39 is 11.9 Å². The zero-order chi connectivity index (χ0) is 17.3. The van der Waals surface area contributed by atoms with Crippen molar-refractivity contribution in [1.29, 1.82) is 0 Å². The maximum atomic E-state index is 12.4. The molecule has 1 saturated carbocycles. The number of nitrogens with zero attached hydrogens (tertiary/aromatic N) is 1. The van der Waals surface area contributed by atoms with E-state index in [1.165, 1.54) is 5.56 Å². The molecule has 1 heterocycles. The smallest absolute Gasteiger partial charge is 0.308 e. The van der Waals surface area contributed by atoms with Crippen LogP contribution >= 0.6 is 0 Å². The average Bonchev–Trinajstić information content (AvgIpc) is 3.27. The second kappa shape index (κ2) is 6.83. The van der Waals surface area contributed by atoms with E-state index in [0.717, 1.165) is 24.2 Å². The molecule has 1 amide bonds. The van der Waals surface area contributed by atoms with Crippen molar-refractivity contribution in [3.8, 4) is 5.75 Å². The molecular weight excluding hydrogens is 306 g/mol. The lowest BCUT2D eigenvalue weighted by Crippen LogP contribution is -2.30. The van der Waals surface area contributed by atoms with Gasteiger partial charge in [0.25, 0.3) is 0 Å². The Morgan fingerprint density at radius 1 is 1.25 bits per heavy atom. The molecule has 1 aliphatic heterocycles. The summed E-state index contributed by atoms with van der Waals surface area (Å²) in [5.74, 6) is 0.251. The number of amides is 1. The number of hydrogen-bond acceptors (Lipinski definition) is 3. The first-order chi connectivity index (χ1) is 11.5. The zero-order valence-electron chi connectivity index (χ0n) is 14.3. The fourth-order valence-electron chi connectivity index (χ4n) is 3.66. The second-order valence-electron chi connectivity index (χ2n) is 7.11. The number of aliphatic carboxylic acids is 1. The molecule has 130 valence electrons. The van der Waals surface area contributed by atoms with E-state index in [4.69, 9.17) is 4.74 Å². The first-order valence-corrected chi connectivity index (χ1v) is 8.66. The summed E-state index contributed by atoms with van der Waals surface area (Å²) in [7, 11) is 0. The van der Waals surface area contributed by atoms with Gasteiger partial charge in [-0.15, -0.1) is 0 Å². The summed E-state index contributed by atoms with van der Waals surface area (Å²) in [5, 5.41) is 9.37. The lowest BCUT2D eigenvalue weighted by atomic mass is 9.92. The number of hydrogen-bond donors (Lipinski definition) is 1. The van der Waals surface area contributed by atoms with Crippen molar-refractivity contribution >= 4 is 11.9 Å². The molecule has 1 aromatic rings. The van der Waals surface area contributed by atoms with Crippen LogP contribution in [0, 0.1) is 31.6 Å². The molecule has 0 spiro atoms. The van der Waals surface area contributed by atoms with Crippen molar-refractivity contribution in [2.45, 2.75) is 33.1 Å². The van der Waals surface area contributed by atoms with Crippen LogP contribution < -0.4 is 4.74 Å². The monoisotopic (exact) mass is 331 g/mol. The summed E-state index contributed by atoms with van der Waals surface area (Å²) >= 11 is 0. The molecule has 0 radical (unpaired) electrons. The largest absolute Gasteiger partial charge is 0.493 e. The number of carboxylic acids is 1. The van der Waals surface area contributed by atoms with Crippen LogP contribution in [0.15, 0.2) is 18.2 Å². The fraction of sp³-hybridized carbons (Fsp3) is 0.579. The van der Waals surface area contributed by atoms with Crippen molar-refractivity contribution in [3.05, 3.63) is 29.3 Å². The maximum absolute atomic E-state index is 12.4.